The van der Waals surface area contributed by atoms with Crippen molar-refractivity contribution in [3.63, 3.8) is 0 Å². The van der Waals surface area contributed by atoms with Gasteiger partial charge < -0.3 is 15.2 Å². The molecule has 0 spiro atoms. The predicted octanol–water partition coefficient (Wildman–Crippen LogP) is 2.08. The van der Waals surface area contributed by atoms with Crippen LogP contribution in [-0.4, -0.2) is 37.0 Å². The number of aliphatic hydroxyl groups excluding tert-OH is 1. The van der Waals surface area contributed by atoms with Gasteiger partial charge in [-0.15, -0.1) is 0 Å². The molecule has 2 aliphatic carbocycles. The van der Waals surface area contributed by atoms with Crippen LogP contribution in [-0.2, 0) is 4.74 Å². The van der Waals surface area contributed by atoms with Crippen molar-refractivity contribution in [1.82, 2.24) is 5.32 Å². The molecule has 3 heteroatoms. The highest BCUT2D eigenvalue weighted by atomic mass is 16.5. The second-order valence-corrected chi connectivity index (χ2v) is 5.73. The standard InChI is InChI=1S/C14H27NO2/c1-17-13-8-6-12(7-9-13)15-10-11-4-2-3-5-14(11)16/h11-16H,2-10H2,1H3. The fourth-order valence-electron chi connectivity index (χ4n) is 3.25. The normalized spacial score (nSPS) is 39.2. The highest BCUT2D eigenvalue weighted by Gasteiger charge is 2.25. The number of methoxy groups -OCH3 is 1. The van der Waals surface area contributed by atoms with Gasteiger partial charge in [-0.05, 0) is 44.4 Å². The minimum absolute atomic E-state index is 0.0634. The first-order valence-corrected chi connectivity index (χ1v) is 7.24. The summed E-state index contributed by atoms with van der Waals surface area (Å²) in [6, 6.07) is 0.649. The minimum Gasteiger partial charge on any atom is -0.393 e. The minimum atomic E-state index is -0.0634. The average molecular weight is 241 g/mol. The molecular formula is C14H27NO2. The maximum absolute atomic E-state index is 9.92. The van der Waals surface area contributed by atoms with Crippen molar-refractivity contribution >= 4 is 0 Å². The third-order valence-electron chi connectivity index (χ3n) is 4.55. The third kappa shape index (κ3) is 3.94. The molecule has 100 valence electrons. The molecule has 0 heterocycles. The summed E-state index contributed by atoms with van der Waals surface area (Å²) in [4.78, 5) is 0. The van der Waals surface area contributed by atoms with Crippen LogP contribution in [0.2, 0.25) is 0 Å². The molecule has 0 aromatic carbocycles. The molecule has 0 aliphatic heterocycles. The van der Waals surface area contributed by atoms with Crippen LogP contribution in [0, 0.1) is 5.92 Å². The van der Waals surface area contributed by atoms with E-state index < -0.39 is 0 Å². The third-order valence-corrected chi connectivity index (χ3v) is 4.55. The van der Waals surface area contributed by atoms with E-state index in [1.807, 2.05) is 7.11 Å². The van der Waals surface area contributed by atoms with Gasteiger partial charge in [-0.1, -0.05) is 12.8 Å². The molecule has 0 aromatic rings. The summed E-state index contributed by atoms with van der Waals surface area (Å²) < 4.78 is 5.38. The Hall–Kier alpha value is -0.120. The highest BCUT2D eigenvalue weighted by molar-refractivity contribution is 4.81. The van der Waals surface area contributed by atoms with Crippen LogP contribution < -0.4 is 5.32 Å². The van der Waals surface area contributed by atoms with Gasteiger partial charge in [0.1, 0.15) is 0 Å². The van der Waals surface area contributed by atoms with Crippen molar-refractivity contribution in [2.75, 3.05) is 13.7 Å². The lowest BCUT2D eigenvalue weighted by atomic mass is 9.85. The molecule has 2 aliphatic rings. The van der Waals surface area contributed by atoms with E-state index in [-0.39, 0.29) is 6.10 Å². The second-order valence-electron chi connectivity index (χ2n) is 5.73. The van der Waals surface area contributed by atoms with Crippen molar-refractivity contribution in [1.29, 1.82) is 0 Å². The van der Waals surface area contributed by atoms with E-state index in [1.54, 1.807) is 0 Å². The van der Waals surface area contributed by atoms with E-state index in [0.29, 0.717) is 18.1 Å². The van der Waals surface area contributed by atoms with E-state index in [2.05, 4.69) is 5.32 Å². The Morgan fingerprint density at radius 1 is 1.06 bits per heavy atom. The van der Waals surface area contributed by atoms with Gasteiger partial charge in [0.25, 0.3) is 0 Å². The summed E-state index contributed by atoms with van der Waals surface area (Å²) in [5, 5.41) is 13.6. The van der Waals surface area contributed by atoms with Crippen LogP contribution >= 0.6 is 0 Å². The van der Waals surface area contributed by atoms with E-state index in [9.17, 15) is 5.11 Å². The maximum Gasteiger partial charge on any atom is 0.0580 e. The van der Waals surface area contributed by atoms with Crippen molar-refractivity contribution in [3.05, 3.63) is 0 Å². The summed E-state index contributed by atoms with van der Waals surface area (Å²) in [5.74, 6) is 0.490. The quantitative estimate of drug-likeness (QED) is 0.792. The molecular weight excluding hydrogens is 214 g/mol. The lowest BCUT2D eigenvalue weighted by Gasteiger charge is -2.32. The van der Waals surface area contributed by atoms with Crippen LogP contribution in [0.4, 0.5) is 0 Å². The zero-order valence-electron chi connectivity index (χ0n) is 11.0. The first-order valence-electron chi connectivity index (χ1n) is 7.24. The van der Waals surface area contributed by atoms with E-state index >= 15 is 0 Å². The van der Waals surface area contributed by atoms with E-state index in [4.69, 9.17) is 4.74 Å². The Kier molecular flexibility index (Phi) is 5.26. The number of aliphatic hydroxyl groups is 1. The zero-order chi connectivity index (χ0) is 12.1. The molecule has 2 unspecified atom stereocenters. The van der Waals surface area contributed by atoms with Gasteiger partial charge >= 0.3 is 0 Å². The molecule has 0 saturated heterocycles. The first-order chi connectivity index (χ1) is 8.29. The van der Waals surface area contributed by atoms with Crippen molar-refractivity contribution in [2.45, 2.75) is 69.6 Å². The van der Waals surface area contributed by atoms with Gasteiger partial charge in [-0.3, -0.25) is 0 Å². The molecule has 2 N–H and O–H groups in total. The average Bonchev–Trinajstić information content (AvgIpc) is 2.38. The SMILES string of the molecule is COC1CCC(NCC2CCCCC2O)CC1. The monoisotopic (exact) mass is 241 g/mol. The molecule has 0 radical (unpaired) electrons. The Morgan fingerprint density at radius 2 is 1.76 bits per heavy atom. The summed E-state index contributed by atoms with van der Waals surface area (Å²) in [5.41, 5.74) is 0. The molecule has 2 atom stereocenters. The predicted molar refractivity (Wildman–Crippen MR) is 69.0 cm³/mol. The molecule has 0 bridgehead atoms. The van der Waals surface area contributed by atoms with Gasteiger partial charge in [0.2, 0.25) is 0 Å². The Labute approximate surface area is 105 Å². The largest absolute Gasteiger partial charge is 0.393 e. The number of hydrogen-bond donors (Lipinski definition) is 2. The summed E-state index contributed by atoms with van der Waals surface area (Å²) >= 11 is 0. The molecule has 0 amide bonds. The Morgan fingerprint density at radius 3 is 2.41 bits per heavy atom. The number of nitrogens with one attached hydrogen (secondary N) is 1. The Balaban J connectivity index is 1.65. The Bertz CT molecular complexity index is 214. The number of ether oxygens (including phenoxy) is 1. The van der Waals surface area contributed by atoms with Gasteiger partial charge in [0, 0.05) is 19.7 Å². The van der Waals surface area contributed by atoms with Crippen LogP contribution in [0.25, 0.3) is 0 Å². The summed E-state index contributed by atoms with van der Waals surface area (Å²) in [6.45, 7) is 1.00. The number of hydrogen-bond acceptors (Lipinski definition) is 3. The summed E-state index contributed by atoms with van der Waals surface area (Å²) in [7, 11) is 1.82. The summed E-state index contributed by atoms with van der Waals surface area (Å²) in [6.07, 6.45) is 9.92. The van der Waals surface area contributed by atoms with Crippen molar-refractivity contribution < 1.29 is 9.84 Å². The second kappa shape index (κ2) is 6.72. The fraction of sp³-hybridized carbons (Fsp3) is 1.00. The zero-order valence-corrected chi connectivity index (χ0v) is 11.0. The van der Waals surface area contributed by atoms with Crippen LogP contribution in [0.15, 0.2) is 0 Å². The lowest BCUT2D eigenvalue weighted by molar-refractivity contribution is 0.0523. The molecule has 3 nitrogen and oxygen atoms in total. The molecule has 0 aromatic heterocycles. The maximum atomic E-state index is 9.92. The molecule has 17 heavy (non-hydrogen) atoms. The van der Waals surface area contributed by atoms with Crippen LogP contribution in [0.5, 0.6) is 0 Å². The fourth-order valence-corrected chi connectivity index (χ4v) is 3.25. The van der Waals surface area contributed by atoms with Gasteiger partial charge in [-0.25, -0.2) is 0 Å². The van der Waals surface area contributed by atoms with Crippen molar-refractivity contribution in [3.8, 4) is 0 Å². The van der Waals surface area contributed by atoms with Gasteiger partial charge in [0.05, 0.1) is 12.2 Å². The van der Waals surface area contributed by atoms with Crippen molar-refractivity contribution in [2.24, 2.45) is 5.92 Å². The molecule has 2 saturated carbocycles. The molecule has 2 fully saturated rings. The van der Waals surface area contributed by atoms with E-state index in [0.717, 1.165) is 13.0 Å². The van der Waals surface area contributed by atoms with E-state index in [1.165, 1.54) is 44.9 Å². The molecule has 2 rings (SSSR count). The highest BCUT2D eigenvalue weighted by Crippen LogP contribution is 2.25. The lowest BCUT2D eigenvalue weighted by Crippen LogP contribution is -2.41. The topological polar surface area (TPSA) is 41.5 Å². The smallest absolute Gasteiger partial charge is 0.0580 e. The number of rotatable bonds is 4. The van der Waals surface area contributed by atoms with Gasteiger partial charge in [-0.2, -0.15) is 0 Å². The van der Waals surface area contributed by atoms with Crippen LogP contribution in [0.3, 0.4) is 0 Å². The van der Waals surface area contributed by atoms with Crippen LogP contribution in [0.1, 0.15) is 51.4 Å². The van der Waals surface area contributed by atoms with Gasteiger partial charge in [0.15, 0.2) is 0 Å². The first kappa shape index (κ1) is 13.3.